The van der Waals surface area contributed by atoms with Crippen LogP contribution in [0.3, 0.4) is 0 Å². The molecule has 1 nitrogen and oxygen atoms in total. The molecule has 0 spiro atoms. The average molecular weight is 194 g/mol. The number of hydrogen-bond acceptors (Lipinski definition) is 1. The zero-order valence-electron chi connectivity index (χ0n) is 9.84. The highest BCUT2D eigenvalue weighted by Gasteiger charge is 2.54. The summed E-state index contributed by atoms with van der Waals surface area (Å²) < 4.78 is 0. The normalized spacial score (nSPS) is 28.3. The number of carbonyl (C=O) groups is 1. The Kier molecular flexibility index (Phi) is 3.52. The Morgan fingerprint density at radius 2 is 2.00 bits per heavy atom. The zero-order chi connectivity index (χ0) is 10.8. The number of unbranched alkanes of at least 4 members (excludes halogenated alkanes) is 1. The van der Waals surface area contributed by atoms with Crippen LogP contribution < -0.4 is 0 Å². The number of hydrogen-bond donors (Lipinski definition) is 0. The molecule has 1 heteroatoms. The van der Waals surface area contributed by atoms with Gasteiger partial charge in [0.15, 0.2) is 0 Å². The van der Waals surface area contributed by atoms with Crippen LogP contribution in [0.5, 0.6) is 0 Å². The van der Waals surface area contributed by atoms with Gasteiger partial charge in [-0.3, -0.25) is 0 Å². The van der Waals surface area contributed by atoms with Crippen molar-refractivity contribution in [1.29, 1.82) is 0 Å². The van der Waals surface area contributed by atoms with Crippen LogP contribution >= 0.6 is 0 Å². The Morgan fingerprint density at radius 1 is 1.36 bits per heavy atom. The van der Waals surface area contributed by atoms with Crippen molar-refractivity contribution in [1.82, 2.24) is 0 Å². The second-order valence-corrected chi connectivity index (χ2v) is 5.30. The van der Waals surface area contributed by atoms with Crippen LogP contribution in [0.1, 0.15) is 47.0 Å². The molecular weight excluding hydrogens is 172 g/mol. The molecule has 80 valence electrons. The first-order chi connectivity index (χ1) is 6.50. The molecule has 1 aliphatic rings. The van der Waals surface area contributed by atoms with Crippen molar-refractivity contribution in [2.24, 2.45) is 17.3 Å². The maximum atomic E-state index is 10.2. The summed E-state index contributed by atoms with van der Waals surface area (Å²) in [6.07, 6.45) is 6.43. The SMILES string of the molecule is CC(C)=CC1C(CCCC=O)C1(C)C. The van der Waals surface area contributed by atoms with E-state index >= 15 is 0 Å². The van der Waals surface area contributed by atoms with Crippen molar-refractivity contribution in [2.75, 3.05) is 0 Å². The molecule has 0 amide bonds. The second-order valence-electron chi connectivity index (χ2n) is 5.30. The first-order valence-electron chi connectivity index (χ1n) is 5.58. The summed E-state index contributed by atoms with van der Waals surface area (Å²) in [6.45, 7) is 9.00. The summed E-state index contributed by atoms with van der Waals surface area (Å²) in [5, 5.41) is 0. The lowest BCUT2D eigenvalue weighted by molar-refractivity contribution is -0.107. The third-order valence-electron chi connectivity index (χ3n) is 3.49. The summed E-state index contributed by atoms with van der Waals surface area (Å²) in [7, 11) is 0. The minimum absolute atomic E-state index is 0.472. The van der Waals surface area contributed by atoms with E-state index in [1.165, 1.54) is 12.0 Å². The van der Waals surface area contributed by atoms with E-state index < -0.39 is 0 Å². The first-order valence-corrected chi connectivity index (χ1v) is 5.58. The second kappa shape index (κ2) is 4.29. The van der Waals surface area contributed by atoms with Crippen LogP contribution in [0, 0.1) is 17.3 Å². The first kappa shape index (κ1) is 11.5. The summed E-state index contributed by atoms with van der Waals surface area (Å²) in [5.41, 5.74) is 1.89. The molecule has 1 fully saturated rings. The molecule has 0 bridgehead atoms. The zero-order valence-corrected chi connectivity index (χ0v) is 9.84. The number of rotatable bonds is 5. The topological polar surface area (TPSA) is 17.1 Å². The summed E-state index contributed by atoms with van der Waals surface area (Å²) in [5.74, 6) is 1.55. The monoisotopic (exact) mass is 194 g/mol. The molecule has 2 unspecified atom stereocenters. The Labute approximate surface area is 87.6 Å². The van der Waals surface area contributed by atoms with Gasteiger partial charge in [0.1, 0.15) is 6.29 Å². The van der Waals surface area contributed by atoms with Crippen LogP contribution in [0.4, 0.5) is 0 Å². The lowest BCUT2D eigenvalue weighted by Crippen LogP contribution is -1.90. The Bertz CT molecular complexity index is 234. The highest BCUT2D eigenvalue weighted by Crippen LogP contribution is 2.61. The Morgan fingerprint density at radius 3 is 2.50 bits per heavy atom. The number of aldehydes is 1. The fourth-order valence-corrected chi connectivity index (χ4v) is 2.45. The lowest BCUT2D eigenvalue weighted by Gasteiger charge is -1.99. The van der Waals surface area contributed by atoms with Gasteiger partial charge < -0.3 is 4.79 Å². The standard InChI is InChI=1S/C13H22O/c1-10(2)9-12-11(13(12,3)4)7-5-6-8-14/h8-9,11-12H,5-7H2,1-4H3. The van der Waals surface area contributed by atoms with Crippen molar-refractivity contribution >= 4 is 6.29 Å². The molecule has 0 heterocycles. The fraction of sp³-hybridized carbons (Fsp3) is 0.769. The molecule has 0 aliphatic heterocycles. The molecular formula is C13H22O. The van der Waals surface area contributed by atoms with E-state index in [9.17, 15) is 4.79 Å². The highest BCUT2D eigenvalue weighted by molar-refractivity contribution is 5.49. The van der Waals surface area contributed by atoms with Crippen LogP contribution in [0.2, 0.25) is 0 Å². The maximum Gasteiger partial charge on any atom is 0.119 e. The maximum absolute atomic E-state index is 10.2. The highest BCUT2D eigenvalue weighted by atomic mass is 16.1. The average Bonchev–Trinajstić information content (AvgIpc) is 2.55. The Hall–Kier alpha value is -0.590. The quantitative estimate of drug-likeness (QED) is 0.371. The third kappa shape index (κ3) is 2.46. The molecule has 0 aromatic heterocycles. The van der Waals surface area contributed by atoms with Gasteiger partial charge in [0.05, 0.1) is 0 Å². The van der Waals surface area contributed by atoms with Gasteiger partial charge in [0, 0.05) is 6.42 Å². The van der Waals surface area contributed by atoms with Crippen LogP contribution in [-0.2, 0) is 4.79 Å². The molecule has 14 heavy (non-hydrogen) atoms. The van der Waals surface area contributed by atoms with Crippen molar-refractivity contribution in [3.63, 3.8) is 0 Å². The largest absolute Gasteiger partial charge is 0.303 e. The van der Waals surface area contributed by atoms with Gasteiger partial charge in [-0.2, -0.15) is 0 Å². The minimum atomic E-state index is 0.472. The van der Waals surface area contributed by atoms with Gasteiger partial charge in [-0.15, -0.1) is 0 Å². The van der Waals surface area contributed by atoms with E-state index in [0.717, 1.165) is 31.0 Å². The number of allylic oxidation sites excluding steroid dienone is 2. The van der Waals surface area contributed by atoms with E-state index in [2.05, 4.69) is 33.8 Å². The Balaban J connectivity index is 2.41. The molecule has 0 aromatic rings. The van der Waals surface area contributed by atoms with Crippen molar-refractivity contribution in [2.45, 2.75) is 47.0 Å². The molecule has 0 saturated heterocycles. The predicted octanol–water partition coefficient (Wildman–Crippen LogP) is 3.59. The molecule has 0 aromatic carbocycles. The van der Waals surface area contributed by atoms with Gasteiger partial charge >= 0.3 is 0 Å². The van der Waals surface area contributed by atoms with Gasteiger partial charge in [0.2, 0.25) is 0 Å². The fourth-order valence-electron chi connectivity index (χ4n) is 2.45. The summed E-state index contributed by atoms with van der Waals surface area (Å²) in [6, 6.07) is 0. The van der Waals surface area contributed by atoms with Gasteiger partial charge in [-0.05, 0) is 43.9 Å². The van der Waals surface area contributed by atoms with Crippen LogP contribution in [0.25, 0.3) is 0 Å². The molecule has 1 aliphatic carbocycles. The van der Waals surface area contributed by atoms with Gasteiger partial charge in [-0.25, -0.2) is 0 Å². The van der Waals surface area contributed by atoms with Crippen molar-refractivity contribution in [3.05, 3.63) is 11.6 Å². The molecule has 0 radical (unpaired) electrons. The summed E-state index contributed by atoms with van der Waals surface area (Å²) >= 11 is 0. The van der Waals surface area contributed by atoms with E-state index in [1.54, 1.807) is 0 Å². The van der Waals surface area contributed by atoms with E-state index in [4.69, 9.17) is 0 Å². The minimum Gasteiger partial charge on any atom is -0.303 e. The molecule has 1 saturated carbocycles. The van der Waals surface area contributed by atoms with Crippen molar-refractivity contribution in [3.8, 4) is 0 Å². The van der Waals surface area contributed by atoms with Crippen molar-refractivity contribution < 1.29 is 4.79 Å². The van der Waals surface area contributed by atoms with Gasteiger partial charge in [-0.1, -0.05) is 25.5 Å². The third-order valence-corrected chi connectivity index (χ3v) is 3.49. The molecule has 2 atom stereocenters. The number of carbonyl (C=O) groups excluding carboxylic acids is 1. The molecule has 0 N–H and O–H groups in total. The molecule has 1 rings (SSSR count). The van der Waals surface area contributed by atoms with E-state index in [-0.39, 0.29) is 0 Å². The van der Waals surface area contributed by atoms with E-state index in [0.29, 0.717) is 5.41 Å². The predicted molar refractivity (Wildman–Crippen MR) is 60.1 cm³/mol. The van der Waals surface area contributed by atoms with Crippen LogP contribution in [0.15, 0.2) is 11.6 Å². The smallest absolute Gasteiger partial charge is 0.119 e. The van der Waals surface area contributed by atoms with Gasteiger partial charge in [0.25, 0.3) is 0 Å². The van der Waals surface area contributed by atoms with E-state index in [1.807, 2.05) is 0 Å². The summed E-state index contributed by atoms with van der Waals surface area (Å²) in [4.78, 5) is 10.2. The van der Waals surface area contributed by atoms with Crippen LogP contribution in [-0.4, -0.2) is 6.29 Å². The lowest BCUT2D eigenvalue weighted by atomic mass is 10.1.